The van der Waals surface area contributed by atoms with Crippen molar-refractivity contribution in [1.82, 2.24) is 5.32 Å². The quantitative estimate of drug-likeness (QED) is 0.504. The van der Waals surface area contributed by atoms with Crippen molar-refractivity contribution in [2.75, 3.05) is 7.02 Å². The predicted octanol–water partition coefficient (Wildman–Crippen LogP) is -0.321. The average molecular weight is 104 g/mol. The van der Waals surface area contributed by atoms with Gasteiger partial charge in [-0.05, 0) is 13.9 Å². The lowest BCUT2D eigenvalue weighted by atomic mass is 10.4. The van der Waals surface area contributed by atoms with Crippen LogP contribution in [0.25, 0.3) is 0 Å². The van der Waals surface area contributed by atoms with Gasteiger partial charge in [-0.2, -0.15) is 0 Å². The Kier molecular flexibility index (Phi) is 1.69. The van der Waals surface area contributed by atoms with Gasteiger partial charge in [0.05, 0.1) is 0 Å². The normalized spacial score (nSPS) is 15.3. The second-order valence-electron chi connectivity index (χ2n) is 1.26. The van der Waals surface area contributed by atoms with E-state index in [9.17, 15) is 4.79 Å². The highest BCUT2D eigenvalue weighted by molar-refractivity contribution is 5.72. The molecule has 1 atom stereocenters. The van der Waals surface area contributed by atoms with Crippen molar-refractivity contribution in [3.05, 3.63) is 0 Å². The molecule has 0 bridgehead atoms. The first-order valence-corrected chi connectivity index (χ1v) is 1.94. The van der Waals surface area contributed by atoms with Crippen LogP contribution in [-0.4, -0.2) is 24.1 Å². The summed E-state index contributed by atoms with van der Waals surface area (Å²) in [6, 6.07) is -0.604. The van der Waals surface area contributed by atoms with E-state index in [-0.39, 0.29) is 7.02 Å². The van der Waals surface area contributed by atoms with Crippen LogP contribution in [0.2, 0.25) is 0 Å². The zero-order valence-electron chi connectivity index (χ0n) is 5.14. The number of likely N-dealkylation sites (N-methyl/N-ethyl adjacent to an activating group) is 1. The fraction of sp³-hybridized carbons (Fsp3) is 0.750. The van der Waals surface area contributed by atoms with Gasteiger partial charge < -0.3 is 10.4 Å². The fourth-order valence-electron chi connectivity index (χ4n) is 0.0873. The van der Waals surface area contributed by atoms with Crippen molar-refractivity contribution < 1.29 is 11.3 Å². The molecule has 0 aromatic carbocycles. The summed E-state index contributed by atoms with van der Waals surface area (Å²) in [6.45, 7) is 1.50. The van der Waals surface area contributed by atoms with Crippen LogP contribution >= 0.6 is 0 Å². The summed E-state index contributed by atoms with van der Waals surface area (Å²) >= 11 is 0. The minimum absolute atomic E-state index is 0.0481. The Bertz CT molecular complexity index is 86.1. The van der Waals surface area contributed by atoms with Crippen LogP contribution < -0.4 is 5.32 Å². The average Bonchev–Trinajstić information content (AvgIpc) is 1.67. The maximum absolute atomic E-state index is 9.94. The molecule has 0 radical (unpaired) electrons. The van der Waals surface area contributed by atoms with Gasteiger partial charge in [-0.15, -0.1) is 0 Å². The largest absolute Gasteiger partial charge is 0.480 e. The van der Waals surface area contributed by atoms with Crippen molar-refractivity contribution in [1.29, 1.82) is 0 Å². The van der Waals surface area contributed by atoms with Gasteiger partial charge in [0.15, 0.2) is 0 Å². The molecule has 0 spiro atoms. The number of carboxylic acid groups (broad SMARTS) is 1. The lowest BCUT2D eigenvalue weighted by Crippen LogP contribution is -2.29. The molecule has 0 aliphatic heterocycles. The molecule has 3 nitrogen and oxygen atoms in total. The Morgan fingerprint density at radius 1 is 2.14 bits per heavy atom. The van der Waals surface area contributed by atoms with E-state index < -0.39 is 12.0 Å². The number of hydrogen-bond acceptors (Lipinski definition) is 2. The molecule has 0 heterocycles. The van der Waals surface area contributed by atoms with Gasteiger partial charge >= 0.3 is 5.97 Å². The third-order valence-electron chi connectivity index (χ3n) is 0.677. The van der Waals surface area contributed by atoms with E-state index in [2.05, 4.69) is 5.32 Å². The number of carboxylic acids is 1. The summed E-state index contributed by atoms with van der Waals surface area (Å²) in [6.07, 6.45) is 0. The SMILES string of the molecule is [2H]CN[C@@H](C)C(=O)O. The molecule has 0 aromatic heterocycles. The molecule has 0 saturated heterocycles. The Balaban J connectivity index is 3.32. The standard InChI is InChI=1S/C4H9NO2/c1-3(5-2)4(6)7/h3,5H,1-2H3,(H,6,7)/t3-/m0/s1/i2D. The maximum atomic E-state index is 9.94. The van der Waals surface area contributed by atoms with Crippen LogP contribution in [0.1, 0.15) is 8.29 Å². The highest BCUT2D eigenvalue weighted by Gasteiger charge is 2.04. The molecule has 0 unspecified atom stereocenters. The van der Waals surface area contributed by atoms with Gasteiger partial charge in [-0.1, -0.05) is 0 Å². The van der Waals surface area contributed by atoms with Crippen LogP contribution in [0.5, 0.6) is 0 Å². The van der Waals surface area contributed by atoms with Crippen LogP contribution in [0.4, 0.5) is 0 Å². The van der Waals surface area contributed by atoms with Gasteiger partial charge in [0.25, 0.3) is 0 Å². The van der Waals surface area contributed by atoms with E-state index in [4.69, 9.17) is 6.48 Å². The molecule has 0 rings (SSSR count). The summed E-state index contributed by atoms with van der Waals surface area (Å²) < 4.78 is 6.55. The molecule has 7 heavy (non-hydrogen) atoms. The zero-order chi connectivity index (χ0) is 6.57. The lowest BCUT2D eigenvalue weighted by molar-refractivity contribution is -0.138. The third-order valence-corrected chi connectivity index (χ3v) is 0.677. The van der Waals surface area contributed by atoms with E-state index in [1.165, 1.54) is 6.92 Å². The molecule has 0 fully saturated rings. The third kappa shape index (κ3) is 2.17. The fourth-order valence-corrected chi connectivity index (χ4v) is 0.0873. The minimum atomic E-state index is -0.919. The molecule has 42 valence electrons. The second-order valence-corrected chi connectivity index (χ2v) is 1.26. The van der Waals surface area contributed by atoms with Crippen LogP contribution in [0, 0.1) is 0 Å². The van der Waals surface area contributed by atoms with Gasteiger partial charge in [0.2, 0.25) is 0 Å². The summed E-state index contributed by atoms with van der Waals surface area (Å²) in [5.74, 6) is -0.919. The summed E-state index contributed by atoms with van der Waals surface area (Å²) in [4.78, 5) is 9.94. The van der Waals surface area contributed by atoms with E-state index in [1.807, 2.05) is 0 Å². The van der Waals surface area contributed by atoms with Crippen LogP contribution in [-0.2, 0) is 4.79 Å². The van der Waals surface area contributed by atoms with Crippen LogP contribution in [0.15, 0.2) is 0 Å². The maximum Gasteiger partial charge on any atom is 0.320 e. The predicted molar refractivity (Wildman–Crippen MR) is 26.2 cm³/mol. The van der Waals surface area contributed by atoms with E-state index in [0.717, 1.165) is 0 Å². The first-order valence-electron chi connectivity index (χ1n) is 2.64. The summed E-state index contributed by atoms with van der Waals surface area (Å²) in [7, 11) is -0.0481. The van der Waals surface area contributed by atoms with Crippen LogP contribution in [0.3, 0.4) is 0 Å². The molecule has 0 aliphatic rings. The van der Waals surface area contributed by atoms with Gasteiger partial charge in [0.1, 0.15) is 6.04 Å². The van der Waals surface area contributed by atoms with E-state index in [1.54, 1.807) is 0 Å². The minimum Gasteiger partial charge on any atom is -0.480 e. The number of nitrogens with one attached hydrogen (secondary N) is 1. The Morgan fingerprint density at radius 3 is 2.86 bits per heavy atom. The van der Waals surface area contributed by atoms with Crippen molar-refractivity contribution >= 4 is 5.97 Å². The first-order chi connectivity index (χ1) is 3.68. The monoisotopic (exact) mass is 104 g/mol. The van der Waals surface area contributed by atoms with Crippen molar-refractivity contribution in [3.8, 4) is 0 Å². The summed E-state index contributed by atoms with van der Waals surface area (Å²) in [5.41, 5.74) is 0. The van der Waals surface area contributed by atoms with Gasteiger partial charge in [-0.25, -0.2) is 0 Å². The topological polar surface area (TPSA) is 49.3 Å². The molecule has 0 saturated carbocycles. The number of aliphatic carboxylic acids is 1. The number of carbonyl (C=O) groups is 1. The molecule has 3 heteroatoms. The molecule has 0 aromatic rings. The highest BCUT2D eigenvalue weighted by atomic mass is 16.4. The Hall–Kier alpha value is -0.570. The van der Waals surface area contributed by atoms with Crippen molar-refractivity contribution in [2.45, 2.75) is 13.0 Å². The molecule has 2 N–H and O–H groups in total. The Morgan fingerprint density at radius 2 is 2.71 bits per heavy atom. The zero-order valence-corrected chi connectivity index (χ0v) is 4.14. The van der Waals surface area contributed by atoms with Crippen molar-refractivity contribution in [2.24, 2.45) is 0 Å². The highest BCUT2D eigenvalue weighted by Crippen LogP contribution is 1.74. The van der Waals surface area contributed by atoms with E-state index >= 15 is 0 Å². The Labute approximate surface area is 43.7 Å². The van der Waals surface area contributed by atoms with Gasteiger partial charge in [-0.3, -0.25) is 4.79 Å². The molecule has 0 aliphatic carbocycles. The molecular formula is C4H9NO2. The van der Waals surface area contributed by atoms with Crippen molar-refractivity contribution in [3.63, 3.8) is 0 Å². The van der Waals surface area contributed by atoms with E-state index in [0.29, 0.717) is 0 Å². The molecular weight excluding hydrogens is 94.0 g/mol. The first kappa shape index (κ1) is 4.59. The number of hydrogen-bond donors (Lipinski definition) is 2. The number of rotatable bonds is 2. The summed E-state index contributed by atoms with van der Waals surface area (Å²) in [5, 5.41) is 10.6. The molecule has 0 amide bonds. The van der Waals surface area contributed by atoms with Gasteiger partial charge in [0, 0.05) is 1.37 Å². The lowest BCUT2D eigenvalue weighted by Gasteiger charge is -1.99. The smallest absolute Gasteiger partial charge is 0.320 e. The second kappa shape index (κ2) is 2.58.